The molecule has 1 N–H and O–H groups in total. The normalized spacial score (nSPS) is 21.8. The van der Waals surface area contributed by atoms with Crippen molar-refractivity contribution >= 4 is 17.7 Å². The van der Waals surface area contributed by atoms with Crippen LogP contribution < -0.4 is 5.32 Å². The van der Waals surface area contributed by atoms with Crippen molar-refractivity contribution in [1.29, 1.82) is 0 Å². The number of benzene rings is 1. The van der Waals surface area contributed by atoms with Gasteiger partial charge in [-0.1, -0.05) is 38.1 Å². The quantitative estimate of drug-likeness (QED) is 0.667. The zero-order chi connectivity index (χ0) is 17.9. The van der Waals surface area contributed by atoms with Crippen molar-refractivity contribution in [1.82, 2.24) is 5.32 Å². The molecule has 0 saturated heterocycles. The number of allylic oxidation sites excluding steroid dienone is 1. The number of aliphatic imine (C=N–C) groups is 1. The lowest BCUT2D eigenvalue weighted by molar-refractivity contribution is -0.124. The van der Waals surface area contributed by atoms with Crippen molar-refractivity contribution in [2.45, 2.75) is 46.3 Å². The average Bonchev–Trinajstić information content (AvgIpc) is 2.84. The SMILES string of the molecule is CC=CC(C)OC(=O)c1ccccc1C1=NC(C)(C(C)C)C(=O)N1. The highest BCUT2D eigenvalue weighted by Gasteiger charge is 2.42. The van der Waals surface area contributed by atoms with Gasteiger partial charge in [-0.25, -0.2) is 4.79 Å². The van der Waals surface area contributed by atoms with Gasteiger partial charge in [0, 0.05) is 5.56 Å². The van der Waals surface area contributed by atoms with Gasteiger partial charge in [0.2, 0.25) is 0 Å². The Hall–Kier alpha value is -2.43. The molecule has 0 bridgehead atoms. The largest absolute Gasteiger partial charge is 0.455 e. The molecule has 5 nitrogen and oxygen atoms in total. The Morgan fingerprint density at radius 3 is 2.54 bits per heavy atom. The van der Waals surface area contributed by atoms with Crippen molar-refractivity contribution in [3.8, 4) is 0 Å². The first-order valence-corrected chi connectivity index (χ1v) is 8.14. The Morgan fingerprint density at radius 1 is 1.29 bits per heavy atom. The number of carbonyl (C=O) groups is 2. The standard InChI is InChI=1S/C19H24N2O3/c1-6-9-13(4)24-17(22)15-11-8-7-10-14(15)16-20-18(23)19(5,21-16)12(2)3/h6-13H,1-5H3,(H,20,21,23). The molecule has 128 valence electrons. The molecule has 1 amide bonds. The van der Waals surface area contributed by atoms with Crippen molar-refractivity contribution in [3.05, 3.63) is 47.5 Å². The number of carbonyl (C=O) groups excluding carboxylic acids is 2. The molecule has 1 aliphatic rings. The van der Waals surface area contributed by atoms with Gasteiger partial charge in [-0.05, 0) is 38.8 Å². The second kappa shape index (κ2) is 6.99. The number of amidine groups is 1. The van der Waals surface area contributed by atoms with Crippen LogP contribution in [0, 0.1) is 5.92 Å². The van der Waals surface area contributed by atoms with E-state index in [1.807, 2.05) is 26.8 Å². The van der Waals surface area contributed by atoms with Crippen LogP contribution in [0.3, 0.4) is 0 Å². The van der Waals surface area contributed by atoms with E-state index in [4.69, 9.17) is 4.74 Å². The van der Waals surface area contributed by atoms with E-state index in [-0.39, 0.29) is 17.9 Å². The third-order valence-electron chi connectivity index (χ3n) is 4.32. The van der Waals surface area contributed by atoms with E-state index < -0.39 is 11.5 Å². The fraction of sp³-hybridized carbons (Fsp3) is 0.421. The maximum absolute atomic E-state index is 12.5. The van der Waals surface area contributed by atoms with E-state index in [9.17, 15) is 9.59 Å². The van der Waals surface area contributed by atoms with Crippen LogP contribution >= 0.6 is 0 Å². The van der Waals surface area contributed by atoms with Crippen LogP contribution in [0.5, 0.6) is 0 Å². The molecule has 5 heteroatoms. The average molecular weight is 328 g/mol. The molecule has 0 aromatic heterocycles. The van der Waals surface area contributed by atoms with E-state index in [1.54, 1.807) is 44.2 Å². The van der Waals surface area contributed by atoms with E-state index in [2.05, 4.69) is 10.3 Å². The summed E-state index contributed by atoms with van der Waals surface area (Å²) >= 11 is 0. The molecule has 0 aliphatic carbocycles. The summed E-state index contributed by atoms with van der Waals surface area (Å²) in [7, 11) is 0. The molecule has 0 spiro atoms. The molecule has 0 fully saturated rings. The number of nitrogens with one attached hydrogen (secondary N) is 1. The maximum Gasteiger partial charge on any atom is 0.339 e. The predicted octanol–water partition coefficient (Wildman–Crippen LogP) is 3.10. The molecule has 2 atom stereocenters. The van der Waals surface area contributed by atoms with E-state index in [0.29, 0.717) is 17.0 Å². The molecule has 0 saturated carbocycles. The lowest BCUT2D eigenvalue weighted by Crippen LogP contribution is -2.41. The van der Waals surface area contributed by atoms with Gasteiger partial charge in [0.05, 0.1) is 5.56 Å². The molecular formula is C19H24N2O3. The Morgan fingerprint density at radius 2 is 1.96 bits per heavy atom. The minimum absolute atomic E-state index is 0.0452. The zero-order valence-electron chi connectivity index (χ0n) is 14.8. The fourth-order valence-electron chi connectivity index (χ4n) is 2.47. The third-order valence-corrected chi connectivity index (χ3v) is 4.32. The van der Waals surface area contributed by atoms with Gasteiger partial charge in [0.1, 0.15) is 17.5 Å². The highest BCUT2D eigenvalue weighted by Crippen LogP contribution is 2.27. The summed E-state index contributed by atoms with van der Waals surface area (Å²) in [5.41, 5.74) is 0.138. The van der Waals surface area contributed by atoms with Crippen molar-refractivity contribution in [2.75, 3.05) is 0 Å². The summed E-state index contributed by atoms with van der Waals surface area (Å²) in [4.78, 5) is 29.3. The smallest absolute Gasteiger partial charge is 0.339 e. The number of rotatable bonds is 5. The third kappa shape index (κ3) is 3.40. The second-order valence-electron chi connectivity index (χ2n) is 6.40. The van der Waals surface area contributed by atoms with Crippen molar-refractivity contribution in [2.24, 2.45) is 10.9 Å². The summed E-state index contributed by atoms with van der Waals surface area (Å²) in [6, 6.07) is 7.02. The van der Waals surface area contributed by atoms with E-state index in [1.165, 1.54) is 0 Å². The van der Waals surface area contributed by atoms with Gasteiger partial charge in [-0.3, -0.25) is 9.79 Å². The summed E-state index contributed by atoms with van der Waals surface area (Å²) < 4.78 is 5.41. The molecule has 0 radical (unpaired) electrons. The number of esters is 1. The summed E-state index contributed by atoms with van der Waals surface area (Å²) in [6.45, 7) is 9.37. The first-order valence-electron chi connectivity index (χ1n) is 8.14. The summed E-state index contributed by atoms with van der Waals surface area (Å²) in [5, 5.41) is 2.81. The minimum Gasteiger partial charge on any atom is -0.455 e. The highest BCUT2D eigenvalue weighted by molar-refractivity contribution is 6.18. The van der Waals surface area contributed by atoms with Crippen LogP contribution in [0.15, 0.2) is 41.4 Å². The maximum atomic E-state index is 12.5. The van der Waals surface area contributed by atoms with Gasteiger partial charge >= 0.3 is 5.97 Å². The van der Waals surface area contributed by atoms with Crippen LogP contribution in [0.25, 0.3) is 0 Å². The van der Waals surface area contributed by atoms with E-state index >= 15 is 0 Å². The molecule has 1 heterocycles. The first kappa shape index (κ1) is 17.9. The van der Waals surface area contributed by atoms with Crippen molar-refractivity contribution in [3.63, 3.8) is 0 Å². The molecule has 2 rings (SSSR count). The van der Waals surface area contributed by atoms with Crippen LogP contribution in [0.1, 0.15) is 50.5 Å². The molecule has 1 aromatic rings. The van der Waals surface area contributed by atoms with Gasteiger partial charge in [0.15, 0.2) is 0 Å². The minimum atomic E-state index is -0.829. The number of hydrogen-bond donors (Lipinski definition) is 1. The number of amides is 1. The Kier molecular flexibility index (Phi) is 5.22. The summed E-state index contributed by atoms with van der Waals surface area (Å²) in [6.07, 6.45) is 3.31. The predicted molar refractivity (Wildman–Crippen MR) is 94.1 cm³/mol. The lowest BCUT2D eigenvalue weighted by atomic mass is 9.89. The second-order valence-corrected chi connectivity index (χ2v) is 6.40. The van der Waals surface area contributed by atoms with Gasteiger partial charge in [-0.15, -0.1) is 0 Å². The topological polar surface area (TPSA) is 67.8 Å². The fourth-order valence-corrected chi connectivity index (χ4v) is 2.47. The van der Waals surface area contributed by atoms with E-state index in [0.717, 1.165) is 0 Å². The molecule has 24 heavy (non-hydrogen) atoms. The first-order chi connectivity index (χ1) is 11.3. The Balaban J connectivity index is 2.37. The Bertz CT molecular complexity index is 706. The zero-order valence-corrected chi connectivity index (χ0v) is 14.8. The Labute approximate surface area is 142 Å². The van der Waals surface area contributed by atoms with Crippen LogP contribution in [0.4, 0.5) is 0 Å². The monoisotopic (exact) mass is 328 g/mol. The summed E-state index contributed by atoms with van der Waals surface area (Å²) in [5.74, 6) is -0.129. The molecule has 1 aliphatic heterocycles. The van der Waals surface area contributed by atoms with Crippen LogP contribution in [-0.2, 0) is 9.53 Å². The molecule has 1 aromatic carbocycles. The highest BCUT2D eigenvalue weighted by atomic mass is 16.5. The molecular weight excluding hydrogens is 304 g/mol. The van der Waals surface area contributed by atoms with Crippen LogP contribution in [-0.4, -0.2) is 29.4 Å². The van der Waals surface area contributed by atoms with Gasteiger partial charge in [0.25, 0.3) is 5.91 Å². The van der Waals surface area contributed by atoms with Gasteiger partial charge in [-0.2, -0.15) is 0 Å². The number of hydrogen-bond acceptors (Lipinski definition) is 4. The molecule has 2 unspecified atom stereocenters. The van der Waals surface area contributed by atoms with Gasteiger partial charge < -0.3 is 10.1 Å². The van der Waals surface area contributed by atoms with Crippen LogP contribution in [0.2, 0.25) is 0 Å². The number of nitrogens with zero attached hydrogens (tertiary/aromatic N) is 1. The lowest BCUT2D eigenvalue weighted by Gasteiger charge is -2.21. The van der Waals surface area contributed by atoms with Crippen molar-refractivity contribution < 1.29 is 14.3 Å². The number of ether oxygens (including phenoxy) is 1.